The lowest BCUT2D eigenvalue weighted by molar-refractivity contribution is -0.0672. The van der Waals surface area contributed by atoms with E-state index in [0.29, 0.717) is 28.2 Å². The average molecular weight is 579 g/mol. The van der Waals surface area contributed by atoms with Gasteiger partial charge in [0.2, 0.25) is 5.16 Å². The van der Waals surface area contributed by atoms with Crippen LogP contribution in [0.25, 0.3) is 27.1 Å². The number of thiazole rings is 1. The highest BCUT2D eigenvalue weighted by molar-refractivity contribution is 7.99. The zero-order chi connectivity index (χ0) is 27.6. The summed E-state index contributed by atoms with van der Waals surface area (Å²) in [6.07, 6.45) is 0.393. The van der Waals surface area contributed by atoms with Gasteiger partial charge in [0.25, 0.3) is 0 Å². The summed E-state index contributed by atoms with van der Waals surface area (Å²) in [5.74, 6) is -0.295. The van der Waals surface area contributed by atoms with Gasteiger partial charge in [-0.05, 0) is 80.2 Å². The average Bonchev–Trinajstić information content (AvgIpc) is 3.51. The van der Waals surface area contributed by atoms with Crippen LogP contribution in [0.1, 0.15) is 13.8 Å². The van der Waals surface area contributed by atoms with Gasteiger partial charge in [0.05, 0.1) is 28.1 Å². The van der Waals surface area contributed by atoms with Gasteiger partial charge in [-0.1, -0.05) is 11.3 Å². The van der Waals surface area contributed by atoms with Crippen LogP contribution in [0.5, 0.6) is 0 Å². The molecule has 1 fully saturated rings. The van der Waals surface area contributed by atoms with Crippen molar-refractivity contribution < 1.29 is 13.9 Å². The molecule has 0 saturated carbocycles. The summed E-state index contributed by atoms with van der Waals surface area (Å²) in [5, 5.41) is 20.1. The van der Waals surface area contributed by atoms with Crippen molar-refractivity contribution in [1.82, 2.24) is 35.0 Å². The minimum Gasteiger partial charge on any atom is -0.373 e. The van der Waals surface area contributed by atoms with Gasteiger partial charge in [0, 0.05) is 36.6 Å². The number of hydrogen-bond donors (Lipinski definition) is 2. The van der Waals surface area contributed by atoms with Crippen molar-refractivity contribution in [3.05, 3.63) is 60.4 Å². The molecule has 10 nitrogen and oxygen atoms in total. The van der Waals surface area contributed by atoms with E-state index in [0.717, 1.165) is 40.3 Å². The Balaban J connectivity index is 1.10. The fourth-order valence-electron chi connectivity index (χ4n) is 4.67. The van der Waals surface area contributed by atoms with Gasteiger partial charge in [-0.15, -0.1) is 10.2 Å². The Hall–Kier alpha value is -3.65. The first-order valence-electron chi connectivity index (χ1n) is 12.9. The second-order valence-electron chi connectivity index (χ2n) is 9.63. The molecule has 1 aliphatic heterocycles. The molecule has 2 amide bonds. The van der Waals surface area contributed by atoms with E-state index in [9.17, 15) is 9.18 Å². The Labute approximate surface area is 238 Å². The van der Waals surface area contributed by atoms with Gasteiger partial charge in [0.15, 0.2) is 10.8 Å². The molecule has 2 N–H and O–H groups in total. The molecule has 13 heteroatoms. The molecule has 5 aromatic rings. The fourth-order valence-corrected chi connectivity index (χ4v) is 6.47. The van der Waals surface area contributed by atoms with Gasteiger partial charge in [-0.2, -0.15) is 9.61 Å². The largest absolute Gasteiger partial charge is 0.373 e. The summed E-state index contributed by atoms with van der Waals surface area (Å²) >= 11 is 2.83. The molecule has 2 aromatic carbocycles. The minimum atomic E-state index is -0.295. The number of ether oxygens (including phenoxy) is 1. The maximum Gasteiger partial charge on any atom is 0.321 e. The molecule has 40 heavy (non-hydrogen) atoms. The molecule has 2 atom stereocenters. The second kappa shape index (κ2) is 11.5. The predicted octanol–water partition coefficient (Wildman–Crippen LogP) is 4.92. The number of morpholine rings is 1. The summed E-state index contributed by atoms with van der Waals surface area (Å²) in [5.41, 5.74) is 2.90. The van der Waals surface area contributed by atoms with Crippen molar-refractivity contribution in [2.75, 3.05) is 31.5 Å². The van der Waals surface area contributed by atoms with E-state index in [4.69, 9.17) is 4.74 Å². The van der Waals surface area contributed by atoms with Crippen LogP contribution in [0.15, 0.2) is 64.6 Å². The smallest absolute Gasteiger partial charge is 0.321 e. The Kier molecular flexibility index (Phi) is 7.61. The zero-order valence-corrected chi connectivity index (χ0v) is 23.5. The van der Waals surface area contributed by atoms with Gasteiger partial charge < -0.3 is 10.1 Å². The number of carbonyl (C=O) groups is 1. The summed E-state index contributed by atoms with van der Waals surface area (Å²) in [6.45, 7) is 7.17. The third kappa shape index (κ3) is 6.07. The first-order chi connectivity index (χ1) is 19.4. The highest BCUT2D eigenvalue weighted by atomic mass is 32.2. The number of nitrogens with zero attached hydrogens (tertiary/aromatic N) is 6. The van der Waals surface area contributed by atoms with Crippen molar-refractivity contribution in [3.63, 3.8) is 0 Å². The lowest BCUT2D eigenvalue weighted by Crippen LogP contribution is -2.48. The molecule has 0 radical (unpaired) electrons. The number of halogens is 1. The molecular formula is C27H27FN8O2S2. The van der Waals surface area contributed by atoms with Crippen LogP contribution in [0.3, 0.4) is 0 Å². The van der Waals surface area contributed by atoms with Crippen molar-refractivity contribution >= 4 is 50.1 Å². The second-order valence-corrected chi connectivity index (χ2v) is 11.7. The number of nitrogens with one attached hydrogen (secondary N) is 2. The number of aromatic nitrogens is 5. The quantitative estimate of drug-likeness (QED) is 0.280. The van der Waals surface area contributed by atoms with Crippen LogP contribution >= 0.6 is 23.1 Å². The molecule has 2 unspecified atom stereocenters. The minimum absolute atomic E-state index is 0.196. The lowest BCUT2D eigenvalue weighted by atomic mass is 10.1. The Morgan fingerprint density at radius 1 is 1.10 bits per heavy atom. The molecule has 0 aliphatic carbocycles. The Morgan fingerprint density at radius 3 is 2.70 bits per heavy atom. The van der Waals surface area contributed by atoms with E-state index in [1.54, 1.807) is 16.6 Å². The molecule has 1 aliphatic rings. The van der Waals surface area contributed by atoms with Crippen LogP contribution in [-0.2, 0) is 4.74 Å². The van der Waals surface area contributed by atoms with E-state index in [1.165, 1.54) is 35.2 Å². The standard InChI is InChI=1S/C27H27FN8O2S2/c1-16-14-35(15-17(2)38-16)12-11-29-25(37)31-26-30-22-8-7-20(13-23(22)40-26)39-27-33-32-24-10-9-21(34-36(24)27)18-3-5-19(28)6-4-18/h3-10,13,16-17H,11-12,14-15H2,1-2H3,(H2,29,30,31,37). The van der Waals surface area contributed by atoms with Gasteiger partial charge in [-0.3, -0.25) is 10.2 Å². The van der Waals surface area contributed by atoms with E-state index in [1.807, 2.05) is 30.3 Å². The summed E-state index contributed by atoms with van der Waals surface area (Å²) in [7, 11) is 0. The monoisotopic (exact) mass is 578 g/mol. The molecule has 6 rings (SSSR count). The number of hydrogen-bond acceptors (Lipinski definition) is 9. The van der Waals surface area contributed by atoms with Gasteiger partial charge >= 0.3 is 6.03 Å². The zero-order valence-electron chi connectivity index (χ0n) is 21.9. The highest BCUT2D eigenvalue weighted by Gasteiger charge is 2.21. The van der Waals surface area contributed by atoms with Crippen LogP contribution in [0.2, 0.25) is 0 Å². The maximum atomic E-state index is 13.3. The molecule has 0 spiro atoms. The fraction of sp³-hybridized carbons (Fsp3) is 0.296. The van der Waals surface area contributed by atoms with Crippen molar-refractivity contribution in [2.45, 2.75) is 36.1 Å². The van der Waals surface area contributed by atoms with Crippen LogP contribution in [-0.4, -0.2) is 74.1 Å². The number of benzene rings is 2. The molecular weight excluding hydrogens is 551 g/mol. The maximum absolute atomic E-state index is 13.3. The van der Waals surface area contributed by atoms with E-state index < -0.39 is 0 Å². The van der Waals surface area contributed by atoms with E-state index in [-0.39, 0.29) is 24.1 Å². The lowest BCUT2D eigenvalue weighted by Gasteiger charge is -2.35. The van der Waals surface area contributed by atoms with Crippen LogP contribution < -0.4 is 10.6 Å². The SMILES string of the molecule is CC1CN(CCNC(=O)Nc2nc3ccc(Sc4nnc5ccc(-c6ccc(F)cc6)nn45)cc3s2)CC(C)O1. The molecule has 206 valence electrons. The first kappa shape index (κ1) is 26.6. The van der Waals surface area contributed by atoms with Gasteiger partial charge in [0.1, 0.15) is 5.82 Å². The number of rotatable bonds is 7. The van der Waals surface area contributed by atoms with Crippen molar-refractivity contribution in [2.24, 2.45) is 0 Å². The third-order valence-corrected chi connectivity index (χ3v) is 8.23. The van der Waals surface area contributed by atoms with E-state index >= 15 is 0 Å². The number of anilines is 1. The number of fused-ring (bicyclic) bond motifs is 2. The molecule has 0 bridgehead atoms. The summed E-state index contributed by atoms with van der Waals surface area (Å²) in [4.78, 5) is 20.2. The Bertz CT molecular complexity index is 1650. The number of amides is 2. The first-order valence-corrected chi connectivity index (χ1v) is 14.5. The van der Waals surface area contributed by atoms with Crippen LogP contribution in [0, 0.1) is 5.82 Å². The molecule has 1 saturated heterocycles. The van der Waals surface area contributed by atoms with Crippen LogP contribution in [0.4, 0.5) is 14.3 Å². The van der Waals surface area contributed by atoms with Gasteiger partial charge in [-0.25, -0.2) is 14.2 Å². The number of carbonyl (C=O) groups excluding carboxylic acids is 1. The topological polar surface area (TPSA) is 110 Å². The summed E-state index contributed by atoms with van der Waals surface area (Å²) in [6, 6.07) is 15.5. The van der Waals surface area contributed by atoms with E-state index in [2.05, 4.69) is 49.7 Å². The number of urea groups is 1. The normalized spacial score (nSPS) is 17.9. The third-order valence-electron chi connectivity index (χ3n) is 6.37. The highest BCUT2D eigenvalue weighted by Crippen LogP contribution is 2.33. The summed E-state index contributed by atoms with van der Waals surface area (Å²) < 4.78 is 21.7. The molecule has 4 heterocycles. The Morgan fingerprint density at radius 2 is 1.90 bits per heavy atom. The molecule has 3 aromatic heterocycles. The van der Waals surface area contributed by atoms with Crippen molar-refractivity contribution in [1.29, 1.82) is 0 Å². The van der Waals surface area contributed by atoms with Crippen molar-refractivity contribution in [3.8, 4) is 11.3 Å². The predicted molar refractivity (Wildman–Crippen MR) is 153 cm³/mol.